The molecule has 1 N–H and O–H groups in total. The number of nitrogens with zero attached hydrogens (tertiary/aromatic N) is 1. The van der Waals surface area contributed by atoms with Gasteiger partial charge in [-0.15, -0.1) is 0 Å². The molecule has 1 amide bonds. The zero-order chi connectivity index (χ0) is 22.6. The Morgan fingerprint density at radius 1 is 0.839 bits per heavy atom. The highest BCUT2D eigenvalue weighted by molar-refractivity contribution is 7.92. The second-order valence-corrected chi connectivity index (χ2v) is 10.0. The molecule has 3 aromatic rings. The van der Waals surface area contributed by atoms with Gasteiger partial charge in [-0.3, -0.25) is 9.10 Å². The van der Waals surface area contributed by atoms with E-state index in [1.165, 1.54) is 30.3 Å². The van der Waals surface area contributed by atoms with Gasteiger partial charge in [-0.2, -0.15) is 0 Å². The van der Waals surface area contributed by atoms with Crippen LogP contribution in [-0.2, 0) is 21.4 Å². The SMILES string of the molecule is O=C(CN(c1cc(Cl)cc(Cl)c1)S(=O)(=O)c1ccccc1)NCc1ccc(Cl)cc1Cl. The summed E-state index contributed by atoms with van der Waals surface area (Å²) in [5, 5.41) is 4.02. The highest BCUT2D eigenvalue weighted by Gasteiger charge is 2.27. The van der Waals surface area contributed by atoms with Crippen molar-refractivity contribution in [3.8, 4) is 0 Å². The van der Waals surface area contributed by atoms with Gasteiger partial charge >= 0.3 is 0 Å². The fourth-order valence-electron chi connectivity index (χ4n) is 2.76. The molecular formula is C21H16Cl4N2O3S. The second kappa shape index (κ2) is 10.1. The summed E-state index contributed by atoms with van der Waals surface area (Å²) in [7, 11) is -4.07. The fraction of sp³-hybridized carbons (Fsp3) is 0.0952. The van der Waals surface area contributed by atoms with E-state index in [0.717, 1.165) is 4.31 Å². The van der Waals surface area contributed by atoms with Crippen molar-refractivity contribution in [2.24, 2.45) is 0 Å². The van der Waals surface area contributed by atoms with Gasteiger partial charge in [0, 0.05) is 26.6 Å². The summed E-state index contributed by atoms with van der Waals surface area (Å²) in [6.45, 7) is -0.385. The van der Waals surface area contributed by atoms with E-state index in [9.17, 15) is 13.2 Å². The Labute approximate surface area is 200 Å². The lowest BCUT2D eigenvalue weighted by Gasteiger charge is -2.24. The van der Waals surface area contributed by atoms with E-state index in [0.29, 0.717) is 15.6 Å². The van der Waals surface area contributed by atoms with Crippen molar-refractivity contribution in [1.82, 2.24) is 5.32 Å². The highest BCUT2D eigenvalue weighted by atomic mass is 35.5. The van der Waals surface area contributed by atoms with Crippen LogP contribution in [0.5, 0.6) is 0 Å². The Morgan fingerprint density at radius 2 is 1.48 bits per heavy atom. The van der Waals surface area contributed by atoms with Crippen molar-refractivity contribution in [2.75, 3.05) is 10.8 Å². The highest BCUT2D eigenvalue weighted by Crippen LogP contribution is 2.29. The lowest BCUT2D eigenvalue weighted by atomic mass is 10.2. The predicted octanol–water partition coefficient (Wildman–Crippen LogP) is 5.81. The number of hydrogen-bond acceptors (Lipinski definition) is 3. The van der Waals surface area contributed by atoms with E-state index in [2.05, 4.69) is 5.32 Å². The summed E-state index contributed by atoms with van der Waals surface area (Å²) in [6.07, 6.45) is 0. The number of sulfonamides is 1. The van der Waals surface area contributed by atoms with Crippen LogP contribution in [0.25, 0.3) is 0 Å². The normalized spacial score (nSPS) is 11.2. The summed E-state index contributed by atoms with van der Waals surface area (Å²) >= 11 is 24.1. The number of benzene rings is 3. The average molecular weight is 518 g/mol. The molecule has 0 radical (unpaired) electrons. The average Bonchev–Trinajstić information content (AvgIpc) is 2.71. The van der Waals surface area contributed by atoms with Gasteiger partial charge < -0.3 is 5.32 Å². The van der Waals surface area contributed by atoms with Crippen molar-refractivity contribution in [3.63, 3.8) is 0 Å². The molecule has 0 aliphatic carbocycles. The van der Waals surface area contributed by atoms with E-state index in [-0.39, 0.29) is 27.2 Å². The molecule has 0 aliphatic heterocycles. The summed E-state index contributed by atoms with van der Waals surface area (Å²) in [5.74, 6) is -0.540. The molecule has 31 heavy (non-hydrogen) atoms. The molecule has 0 fully saturated rings. The van der Waals surface area contributed by atoms with Crippen molar-refractivity contribution in [2.45, 2.75) is 11.4 Å². The third-order valence-electron chi connectivity index (χ3n) is 4.24. The van der Waals surface area contributed by atoms with Gasteiger partial charge in [0.15, 0.2) is 0 Å². The van der Waals surface area contributed by atoms with Crippen LogP contribution in [0.3, 0.4) is 0 Å². The minimum Gasteiger partial charge on any atom is -0.350 e. The number of carbonyl (C=O) groups excluding carboxylic acids is 1. The van der Waals surface area contributed by atoms with Gasteiger partial charge in [-0.1, -0.05) is 70.7 Å². The summed E-state index contributed by atoms with van der Waals surface area (Å²) in [4.78, 5) is 12.7. The monoisotopic (exact) mass is 516 g/mol. The van der Waals surface area contributed by atoms with Crippen LogP contribution in [-0.4, -0.2) is 20.9 Å². The van der Waals surface area contributed by atoms with Crippen LogP contribution in [0, 0.1) is 0 Å². The van der Waals surface area contributed by atoms with E-state index < -0.39 is 22.5 Å². The van der Waals surface area contributed by atoms with Crippen LogP contribution in [0.15, 0.2) is 71.6 Å². The minimum atomic E-state index is -4.07. The predicted molar refractivity (Wildman–Crippen MR) is 126 cm³/mol. The Hall–Kier alpha value is -1.96. The molecule has 0 aromatic heterocycles. The van der Waals surface area contributed by atoms with Crippen LogP contribution < -0.4 is 9.62 Å². The largest absolute Gasteiger partial charge is 0.350 e. The molecule has 0 bridgehead atoms. The molecular weight excluding hydrogens is 502 g/mol. The molecule has 0 spiro atoms. The van der Waals surface area contributed by atoms with Crippen LogP contribution in [0.2, 0.25) is 20.1 Å². The van der Waals surface area contributed by atoms with Gasteiger partial charge in [0.1, 0.15) is 6.54 Å². The number of halogens is 4. The van der Waals surface area contributed by atoms with Crippen LogP contribution >= 0.6 is 46.4 Å². The zero-order valence-electron chi connectivity index (χ0n) is 15.9. The third-order valence-corrected chi connectivity index (χ3v) is 7.06. The van der Waals surface area contributed by atoms with Crippen molar-refractivity contribution >= 4 is 68.0 Å². The number of amides is 1. The van der Waals surface area contributed by atoms with Crippen LogP contribution in [0.1, 0.15) is 5.56 Å². The first-order valence-electron chi connectivity index (χ1n) is 8.91. The molecule has 3 aromatic carbocycles. The first-order chi connectivity index (χ1) is 14.7. The first kappa shape index (κ1) is 23.7. The maximum Gasteiger partial charge on any atom is 0.264 e. The third kappa shape index (κ3) is 6.05. The van der Waals surface area contributed by atoms with E-state index >= 15 is 0 Å². The summed E-state index contributed by atoms with van der Waals surface area (Å²) in [5.41, 5.74) is 0.809. The number of rotatable bonds is 7. The topological polar surface area (TPSA) is 66.5 Å². The molecule has 162 valence electrons. The molecule has 0 heterocycles. The zero-order valence-corrected chi connectivity index (χ0v) is 19.7. The first-order valence-corrected chi connectivity index (χ1v) is 11.9. The molecule has 0 saturated heterocycles. The number of hydrogen-bond donors (Lipinski definition) is 1. The standard InChI is InChI=1S/C21H16Cl4N2O3S/c22-15-7-6-14(20(25)11-15)12-26-21(28)13-27(18-9-16(23)8-17(24)10-18)31(29,30)19-4-2-1-3-5-19/h1-11H,12-13H2,(H,26,28). The number of nitrogens with one attached hydrogen (secondary N) is 1. The Bertz CT molecular complexity index is 1180. The Morgan fingerprint density at radius 3 is 2.10 bits per heavy atom. The Balaban J connectivity index is 1.88. The molecule has 5 nitrogen and oxygen atoms in total. The Kier molecular flexibility index (Phi) is 7.73. The lowest BCUT2D eigenvalue weighted by Crippen LogP contribution is -2.40. The number of anilines is 1. The van der Waals surface area contributed by atoms with Crippen molar-refractivity contribution in [1.29, 1.82) is 0 Å². The van der Waals surface area contributed by atoms with Gasteiger partial charge in [0.2, 0.25) is 5.91 Å². The molecule has 0 unspecified atom stereocenters. The smallest absolute Gasteiger partial charge is 0.264 e. The van der Waals surface area contributed by atoms with Gasteiger partial charge in [0.25, 0.3) is 10.0 Å². The summed E-state index contributed by atoms with van der Waals surface area (Å²) < 4.78 is 27.5. The van der Waals surface area contributed by atoms with Crippen LogP contribution in [0.4, 0.5) is 5.69 Å². The summed E-state index contributed by atoms with van der Waals surface area (Å²) in [6, 6.07) is 17.0. The van der Waals surface area contributed by atoms with E-state index in [4.69, 9.17) is 46.4 Å². The van der Waals surface area contributed by atoms with Crippen molar-refractivity contribution in [3.05, 3.63) is 92.4 Å². The van der Waals surface area contributed by atoms with Crippen molar-refractivity contribution < 1.29 is 13.2 Å². The van der Waals surface area contributed by atoms with Gasteiger partial charge in [-0.05, 0) is 48.0 Å². The second-order valence-electron chi connectivity index (χ2n) is 6.46. The molecule has 0 atom stereocenters. The van der Waals surface area contributed by atoms with Gasteiger partial charge in [-0.25, -0.2) is 8.42 Å². The van der Waals surface area contributed by atoms with Gasteiger partial charge in [0.05, 0.1) is 10.6 Å². The van der Waals surface area contributed by atoms with E-state index in [1.54, 1.807) is 36.4 Å². The maximum atomic E-state index is 13.3. The molecule has 0 saturated carbocycles. The fourth-order valence-corrected chi connectivity index (χ4v) is 5.18. The maximum absolute atomic E-state index is 13.3. The number of carbonyl (C=O) groups is 1. The van der Waals surface area contributed by atoms with E-state index in [1.807, 2.05) is 0 Å². The molecule has 10 heteroatoms. The lowest BCUT2D eigenvalue weighted by molar-refractivity contribution is -0.119. The quantitative estimate of drug-likeness (QED) is 0.430. The molecule has 0 aliphatic rings. The minimum absolute atomic E-state index is 0.0274. The molecule has 3 rings (SSSR count).